The van der Waals surface area contributed by atoms with E-state index >= 15 is 0 Å². The third kappa shape index (κ3) is 4.92. The lowest BCUT2D eigenvalue weighted by Gasteiger charge is -2.31. The Hall–Kier alpha value is -2.57. The molecule has 1 aromatic carbocycles. The van der Waals surface area contributed by atoms with Gasteiger partial charge in [-0.3, -0.25) is 14.8 Å². The van der Waals surface area contributed by atoms with Gasteiger partial charge in [-0.25, -0.2) is 12.8 Å². The highest BCUT2D eigenvalue weighted by molar-refractivity contribution is 7.89. The molecule has 2 heterocycles. The van der Waals surface area contributed by atoms with Crippen LogP contribution in [-0.4, -0.2) is 64.4 Å². The van der Waals surface area contributed by atoms with Crippen LogP contribution < -0.4 is 5.32 Å². The topological polar surface area (TPSA) is 131 Å². The minimum atomic E-state index is -4.15. The summed E-state index contributed by atoms with van der Waals surface area (Å²) < 4.78 is 42.7. The van der Waals surface area contributed by atoms with E-state index in [1.165, 1.54) is 19.1 Å². The van der Waals surface area contributed by atoms with Crippen molar-refractivity contribution in [3.63, 3.8) is 0 Å². The van der Waals surface area contributed by atoms with Crippen molar-refractivity contribution >= 4 is 21.4 Å². The highest BCUT2D eigenvalue weighted by Gasteiger charge is 2.37. The first-order valence-electron chi connectivity index (χ1n) is 10.4. The fourth-order valence-electron chi connectivity index (χ4n) is 3.68. The molecule has 0 bridgehead atoms. The molecule has 1 fully saturated rings. The molecular formula is C20H28FN5O5S. The predicted molar refractivity (Wildman–Crippen MR) is 117 cm³/mol. The third-order valence-corrected chi connectivity index (χ3v) is 7.55. The number of aliphatic hydroxyl groups is 1. The largest absolute Gasteiger partial charge is 0.390 e. The number of aromatic nitrogens is 2. The van der Waals surface area contributed by atoms with Gasteiger partial charge in [0, 0.05) is 43.9 Å². The summed E-state index contributed by atoms with van der Waals surface area (Å²) >= 11 is 0. The fraction of sp³-hybridized carbons (Fsp3) is 0.550. The highest BCUT2D eigenvalue weighted by Crippen LogP contribution is 2.35. The third-order valence-electron chi connectivity index (χ3n) is 5.54. The van der Waals surface area contributed by atoms with Gasteiger partial charge in [0.1, 0.15) is 11.9 Å². The van der Waals surface area contributed by atoms with E-state index < -0.39 is 33.8 Å². The van der Waals surface area contributed by atoms with E-state index in [0.29, 0.717) is 13.0 Å². The van der Waals surface area contributed by atoms with Crippen LogP contribution in [0.2, 0.25) is 0 Å². The zero-order chi connectivity index (χ0) is 23.6. The molecule has 1 saturated heterocycles. The second kappa shape index (κ2) is 9.51. The van der Waals surface area contributed by atoms with Crippen LogP contribution in [0.4, 0.5) is 15.8 Å². The minimum Gasteiger partial charge on any atom is -0.390 e. The van der Waals surface area contributed by atoms with E-state index in [1.54, 1.807) is 0 Å². The van der Waals surface area contributed by atoms with Gasteiger partial charge in [0.15, 0.2) is 0 Å². The maximum absolute atomic E-state index is 13.9. The molecule has 0 amide bonds. The predicted octanol–water partition coefficient (Wildman–Crippen LogP) is 2.43. The number of nitrogens with zero attached hydrogens (tertiary/aromatic N) is 4. The lowest BCUT2D eigenvalue weighted by atomic mass is 10.1. The van der Waals surface area contributed by atoms with Crippen molar-refractivity contribution < 1.29 is 22.8 Å². The van der Waals surface area contributed by atoms with Crippen LogP contribution in [0.1, 0.15) is 37.6 Å². The zero-order valence-corrected chi connectivity index (χ0v) is 19.0. The first-order chi connectivity index (χ1) is 15.0. The lowest BCUT2D eigenvalue weighted by molar-refractivity contribution is -0.384. The Bertz CT molecular complexity index is 1090. The van der Waals surface area contributed by atoms with Gasteiger partial charge < -0.3 is 10.4 Å². The summed E-state index contributed by atoms with van der Waals surface area (Å²) in [5, 5.41) is 28.7. The number of nitrogens with one attached hydrogen (secondary N) is 1. The van der Waals surface area contributed by atoms with Gasteiger partial charge in [0.25, 0.3) is 5.69 Å². The molecule has 176 valence electrons. The van der Waals surface area contributed by atoms with Crippen molar-refractivity contribution in [2.24, 2.45) is 0 Å². The zero-order valence-electron chi connectivity index (χ0n) is 18.2. The number of nitro groups is 1. The first kappa shape index (κ1) is 24.1. The number of hydrogen-bond acceptors (Lipinski definition) is 7. The Morgan fingerprint density at radius 1 is 1.38 bits per heavy atom. The van der Waals surface area contributed by atoms with Crippen molar-refractivity contribution in [1.29, 1.82) is 0 Å². The number of piperidine rings is 1. The van der Waals surface area contributed by atoms with Crippen molar-refractivity contribution in [3.8, 4) is 0 Å². The Balaban J connectivity index is 1.81. The summed E-state index contributed by atoms with van der Waals surface area (Å²) in [6.45, 7) is 5.22. The summed E-state index contributed by atoms with van der Waals surface area (Å²) in [6.07, 6.45) is -0.546. The average molecular weight is 470 g/mol. The van der Waals surface area contributed by atoms with Crippen LogP contribution in [0.25, 0.3) is 0 Å². The molecule has 0 radical (unpaired) electrons. The monoisotopic (exact) mass is 469 g/mol. The van der Waals surface area contributed by atoms with Gasteiger partial charge in [-0.05, 0) is 45.4 Å². The van der Waals surface area contributed by atoms with E-state index in [-0.39, 0.29) is 40.8 Å². The van der Waals surface area contributed by atoms with Crippen molar-refractivity contribution in [1.82, 2.24) is 14.1 Å². The van der Waals surface area contributed by atoms with Gasteiger partial charge in [-0.15, -0.1) is 0 Å². The van der Waals surface area contributed by atoms with Crippen LogP contribution in [-0.2, 0) is 16.4 Å². The smallest absolute Gasteiger partial charge is 0.296 e. The molecule has 10 nitrogen and oxygen atoms in total. The van der Waals surface area contributed by atoms with Crippen LogP contribution >= 0.6 is 0 Å². The summed E-state index contributed by atoms with van der Waals surface area (Å²) in [5.74, 6) is 0. The summed E-state index contributed by atoms with van der Waals surface area (Å²) in [5.41, 5.74) is 0.670. The summed E-state index contributed by atoms with van der Waals surface area (Å²) in [7, 11) is -4.15. The van der Waals surface area contributed by atoms with E-state index in [1.807, 2.05) is 30.8 Å². The standard InChI is InChI=1S/C20H28FN5O5S/c1-13(2)25-11-7-15(23-25)6-9-22-17-4-5-19(14(3)20(17)26(28)29)32(30,31)24-10-8-18(27)16(21)12-24/h4-5,7,11,13,16,18,22,27H,6,8-10,12H2,1-3H3. The number of aliphatic hydroxyl groups excluding tert-OH is 1. The van der Waals surface area contributed by atoms with Crippen LogP contribution in [0, 0.1) is 17.0 Å². The van der Waals surface area contributed by atoms with Gasteiger partial charge in [0.2, 0.25) is 10.0 Å². The van der Waals surface area contributed by atoms with Crippen LogP contribution in [0.5, 0.6) is 0 Å². The number of anilines is 1. The molecule has 3 rings (SSSR count). The van der Waals surface area contributed by atoms with Gasteiger partial charge in [-0.2, -0.15) is 9.40 Å². The fourth-order valence-corrected chi connectivity index (χ4v) is 5.37. The summed E-state index contributed by atoms with van der Waals surface area (Å²) in [6, 6.07) is 4.76. The number of rotatable bonds is 8. The van der Waals surface area contributed by atoms with Crippen LogP contribution in [0.15, 0.2) is 29.3 Å². The molecule has 2 aromatic rings. The van der Waals surface area contributed by atoms with Gasteiger partial charge >= 0.3 is 0 Å². The molecule has 0 aliphatic carbocycles. The first-order valence-corrected chi connectivity index (χ1v) is 11.8. The lowest BCUT2D eigenvalue weighted by Crippen LogP contribution is -2.47. The molecule has 1 aliphatic rings. The minimum absolute atomic E-state index is 0.0226. The number of alkyl halides is 1. The van der Waals surface area contributed by atoms with E-state index in [4.69, 9.17) is 0 Å². The maximum Gasteiger partial charge on any atom is 0.296 e. The van der Waals surface area contributed by atoms with Crippen molar-refractivity contribution in [2.75, 3.05) is 25.0 Å². The quantitative estimate of drug-likeness (QED) is 0.448. The molecular weight excluding hydrogens is 441 g/mol. The van der Waals surface area contributed by atoms with E-state index in [0.717, 1.165) is 10.00 Å². The average Bonchev–Trinajstić information content (AvgIpc) is 3.19. The molecule has 2 unspecified atom stereocenters. The molecule has 1 aromatic heterocycles. The molecule has 2 atom stereocenters. The number of nitro benzene ring substituents is 1. The van der Waals surface area contributed by atoms with Crippen molar-refractivity contribution in [3.05, 3.63) is 45.8 Å². The van der Waals surface area contributed by atoms with Gasteiger partial charge in [-0.1, -0.05) is 0 Å². The number of sulfonamides is 1. The second-order valence-corrected chi connectivity index (χ2v) is 10.0. The molecule has 32 heavy (non-hydrogen) atoms. The van der Waals surface area contributed by atoms with Crippen molar-refractivity contribution in [2.45, 2.75) is 56.8 Å². The van der Waals surface area contributed by atoms with Crippen LogP contribution in [0.3, 0.4) is 0 Å². The maximum atomic E-state index is 13.9. The number of benzene rings is 1. The van der Waals surface area contributed by atoms with Gasteiger partial charge in [0.05, 0.1) is 21.6 Å². The SMILES string of the molecule is Cc1c(S(=O)(=O)N2CCC(O)C(F)C2)ccc(NCCc2ccn(C(C)C)n2)c1[N+](=O)[O-]. The molecule has 2 N–H and O–H groups in total. The Morgan fingerprint density at radius 2 is 2.09 bits per heavy atom. The van der Waals surface area contributed by atoms with E-state index in [2.05, 4.69) is 10.4 Å². The molecule has 1 aliphatic heterocycles. The Labute approximate surface area is 186 Å². The Morgan fingerprint density at radius 3 is 2.69 bits per heavy atom. The highest BCUT2D eigenvalue weighted by atomic mass is 32.2. The number of halogens is 1. The molecule has 12 heteroatoms. The second-order valence-electron chi connectivity index (χ2n) is 8.13. The Kier molecular flexibility index (Phi) is 7.16. The van der Waals surface area contributed by atoms with E-state index in [9.17, 15) is 28.0 Å². The summed E-state index contributed by atoms with van der Waals surface area (Å²) in [4.78, 5) is 10.9. The molecule has 0 spiro atoms. The normalized spacial score (nSPS) is 19.9. The number of hydrogen-bond donors (Lipinski definition) is 2. The molecule has 0 saturated carbocycles.